The summed E-state index contributed by atoms with van der Waals surface area (Å²) in [4.78, 5) is 22.3. The minimum atomic E-state index is -0.0326. The molecule has 0 unspecified atom stereocenters. The number of nitrogens with zero attached hydrogens (tertiary/aromatic N) is 5. The van der Waals surface area contributed by atoms with E-state index in [1.165, 1.54) is 5.56 Å². The average molecular weight is 434 g/mol. The van der Waals surface area contributed by atoms with Crippen molar-refractivity contribution < 1.29 is 9.53 Å². The van der Waals surface area contributed by atoms with Gasteiger partial charge in [0.1, 0.15) is 11.1 Å². The first-order chi connectivity index (χ1) is 14.3. The summed E-state index contributed by atoms with van der Waals surface area (Å²) < 4.78 is 7.27. The minimum absolute atomic E-state index is 0.0326. The van der Waals surface area contributed by atoms with Crippen LogP contribution in [0.5, 0.6) is 0 Å². The van der Waals surface area contributed by atoms with E-state index in [2.05, 4.69) is 22.3 Å². The standard InChI is InChI=1S/C22H35N5O2S/c1-15(12-20-16(2)24-25(5)17(20)3)22(28)27-9-7-8-26(10-11-27)13-19-14-30-21(23-19)18(4)29-6/h14-15,18H,7-13H2,1-6H3/t15-,18-/m1/s1. The van der Waals surface area contributed by atoms with Crippen LogP contribution in [-0.4, -0.2) is 63.8 Å². The summed E-state index contributed by atoms with van der Waals surface area (Å²) in [6.45, 7) is 12.5. The van der Waals surface area contributed by atoms with Crippen molar-refractivity contribution in [1.82, 2.24) is 24.6 Å². The molecule has 2 aromatic heterocycles. The first kappa shape index (κ1) is 22.9. The lowest BCUT2D eigenvalue weighted by molar-refractivity contribution is -0.134. The number of rotatable bonds is 7. The zero-order valence-corrected chi connectivity index (χ0v) is 20.0. The Hall–Kier alpha value is -1.77. The fourth-order valence-corrected chi connectivity index (χ4v) is 4.92. The van der Waals surface area contributed by atoms with E-state index >= 15 is 0 Å². The maximum absolute atomic E-state index is 13.1. The van der Waals surface area contributed by atoms with Crippen LogP contribution in [0.15, 0.2) is 5.38 Å². The monoisotopic (exact) mass is 433 g/mol. The van der Waals surface area contributed by atoms with Crippen LogP contribution in [0.25, 0.3) is 0 Å². The van der Waals surface area contributed by atoms with Gasteiger partial charge < -0.3 is 9.64 Å². The summed E-state index contributed by atoms with van der Waals surface area (Å²) in [5.74, 6) is 0.221. The van der Waals surface area contributed by atoms with Crippen molar-refractivity contribution in [3.63, 3.8) is 0 Å². The molecule has 3 heterocycles. The quantitative estimate of drug-likeness (QED) is 0.671. The molecule has 0 aliphatic carbocycles. The van der Waals surface area contributed by atoms with Crippen molar-refractivity contribution in [3.8, 4) is 0 Å². The second-order valence-corrected chi connectivity index (χ2v) is 9.28. The van der Waals surface area contributed by atoms with Crippen molar-refractivity contribution in [1.29, 1.82) is 0 Å². The summed E-state index contributed by atoms with van der Waals surface area (Å²) in [6, 6.07) is 0. The maximum Gasteiger partial charge on any atom is 0.225 e. The number of aromatic nitrogens is 3. The lowest BCUT2D eigenvalue weighted by Gasteiger charge is -2.25. The molecule has 1 saturated heterocycles. The first-order valence-electron chi connectivity index (χ1n) is 10.8. The molecule has 2 aromatic rings. The van der Waals surface area contributed by atoms with Crippen LogP contribution in [0.3, 0.4) is 0 Å². The van der Waals surface area contributed by atoms with Crippen molar-refractivity contribution in [2.75, 3.05) is 33.3 Å². The molecule has 8 heteroatoms. The molecule has 30 heavy (non-hydrogen) atoms. The van der Waals surface area contributed by atoms with Crippen LogP contribution in [0, 0.1) is 19.8 Å². The number of methoxy groups -OCH3 is 1. The van der Waals surface area contributed by atoms with Gasteiger partial charge in [-0.25, -0.2) is 4.98 Å². The number of hydrogen-bond donors (Lipinski definition) is 0. The van der Waals surface area contributed by atoms with Gasteiger partial charge in [-0.05, 0) is 39.2 Å². The predicted octanol–water partition coefficient (Wildman–Crippen LogP) is 3.11. The largest absolute Gasteiger partial charge is 0.375 e. The normalized spacial score (nSPS) is 17.7. The number of carbonyl (C=O) groups is 1. The van der Waals surface area contributed by atoms with Gasteiger partial charge >= 0.3 is 0 Å². The van der Waals surface area contributed by atoms with Gasteiger partial charge in [-0.2, -0.15) is 5.10 Å². The molecule has 7 nitrogen and oxygen atoms in total. The lowest BCUT2D eigenvalue weighted by atomic mass is 9.98. The van der Waals surface area contributed by atoms with Gasteiger partial charge in [0.15, 0.2) is 0 Å². The molecule has 3 rings (SSSR count). The zero-order chi connectivity index (χ0) is 21.8. The molecule has 1 aliphatic rings. The van der Waals surface area contributed by atoms with Crippen molar-refractivity contribution >= 4 is 17.2 Å². The molecule has 0 spiro atoms. The minimum Gasteiger partial charge on any atom is -0.375 e. The number of amides is 1. The number of carbonyl (C=O) groups excluding carboxylic acids is 1. The predicted molar refractivity (Wildman–Crippen MR) is 120 cm³/mol. The van der Waals surface area contributed by atoms with Gasteiger partial charge in [-0.15, -0.1) is 11.3 Å². The smallest absolute Gasteiger partial charge is 0.225 e. The highest BCUT2D eigenvalue weighted by Crippen LogP contribution is 2.22. The van der Waals surface area contributed by atoms with E-state index in [-0.39, 0.29) is 17.9 Å². The maximum atomic E-state index is 13.1. The van der Waals surface area contributed by atoms with Gasteiger partial charge in [-0.1, -0.05) is 6.92 Å². The van der Waals surface area contributed by atoms with E-state index in [1.807, 2.05) is 37.4 Å². The lowest BCUT2D eigenvalue weighted by Crippen LogP contribution is -2.38. The third-order valence-corrected chi connectivity index (χ3v) is 7.20. The second-order valence-electron chi connectivity index (χ2n) is 8.39. The van der Waals surface area contributed by atoms with Crippen LogP contribution in [0.2, 0.25) is 0 Å². The van der Waals surface area contributed by atoms with Gasteiger partial charge in [0, 0.05) is 63.9 Å². The van der Waals surface area contributed by atoms with E-state index in [4.69, 9.17) is 9.72 Å². The number of aryl methyl sites for hydroxylation is 2. The Bertz CT molecular complexity index is 862. The molecule has 1 fully saturated rings. The van der Waals surface area contributed by atoms with Crippen LogP contribution >= 0.6 is 11.3 Å². The average Bonchev–Trinajstić information content (AvgIpc) is 3.18. The van der Waals surface area contributed by atoms with E-state index < -0.39 is 0 Å². The molecule has 166 valence electrons. The molecule has 1 amide bonds. The Labute approximate surface area is 184 Å². The van der Waals surface area contributed by atoms with Gasteiger partial charge in [0.2, 0.25) is 5.91 Å². The SMILES string of the molecule is CO[C@H](C)c1nc(CN2CCCN(C(=O)[C@H](C)Cc3c(C)nn(C)c3C)CC2)cs1. The summed E-state index contributed by atoms with van der Waals surface area (Å²) >= 11 is 1.66. The van der Waals surface area contributed by atoms with Crippen molar-refractivity contribution in [2.24, 2.45) is 13.0 Å². The van der Waals surface area contributed by atoms with Crippen LogP contribution < -0.4 is 0 Å². The number of hydrogen-bond acceptors (Lipinski definition) is 6. The fraction of sp³-hybridized carbons (Fsp3) is 0.682. The van der Waals surface area contributed by atoms with Crippen molar-refractivity contribution in [2.45, 2.75) is 53.2 Å². The highest BCUT2D eigenvalue weighted by atomic mass is 32.1. The van der Waals surface area contributed by atoms with E-state index in [0.717, 1.165) is 67.7 Å². The topological polar surface area (TPSA) is 63.5 Å². The molecule has 0 N–H and O–H groups in total. The highest BCUT2D eigenvalue weighted by Gasteiger charge is 2.25. The third-order valence-electron chi connectivity index (χ3n) is 6.15. The Morgan fingerprint density at radius 1 is 1.23 bits per heavy atom. The Kier molecular flexibility index (Phi) is 7.65. The molecular weight excluding hydrogens is 398 g/mol. The molecule has 0 saturated carbocycles. The van der Waals surface area contributed by atoms with E-state index in [9.17, 15) is 4.79 Å². The van der Waals surface area contributed by atoms with Crippen LogP contribution in [0.4, 0.5) is 0 Å². The zero-order valence-electron chi connectivity index (χ0n) is 19.1. The third kappa shape index (κ3) is 5.28. The molecule has 1 aliphatic heterocycles. The van der Waals surface area contributed by atoms with Crippen LogP contribution in [0.1, 0.15) is 54.0 Å². The number of thiazole rings is 1. The summed E-state index contributed by atoms with van der Waals surface area (Å²) in [7, 11) is 3.67. The van der Waals surface area contributed by atoms with E-state index in [0.29, 0.717) is 0 Å². The molecule has 0 bridgehead atoms. The van der Waals surface area contributed by atoms with Gasteiger partial charge in [0.05, 0.1) is 11.4 Å². The molecule has 0 aromatic carbocycles. The second kappa shape index (κ2) is 10.0. The summed E-state index contributed by atoms with van der Waals surface area (Å²) in [5.41, 5.74) is 4.48. The summed E-state index contributed by atoms with van der Waals surface area (Å²) in [5, 5.41) is 7.64. The Morgan fingerprint density at radius 3 is 2.67 bits per heavy atom. The van der Waals surface area contributed by atoms with Gasteiger partial charge in [0.25, 0.3) is 0 Å². The molecule has 2 atom stereocenters. The Balaban J connectivity index is 1.55. The summed E-state index contributed by atoms with van der Waals surface area (Å²) in [6.07, 6.45) is 1.79. The van der Waals surface area contributed by atoms with Crippen molar-refractivity contribution in [3.05, 3.63) is 33.0 Å². The van der Waals surface area contributed by atoms with Gasteiger partial charge in [-0.3, -0.25) is 14.4 Å². The van der Waals surface area contributed by atoms with Crippen LogP contribution in [-0.2, 0) is 29.5 Å². The van der Waals surface area contributed by atoms with E-state index in [1.54, 1.807) is 18.4 Å². The Morgan fingerprint density at radius 2 is 2.00 bits per heavy atom. The first-order valence-corrected chi connectivity index (χ1v) is 11.7. The highest BCUT2D eigenvalue weighted by molar-refractivity contribution is 7.09. The fourth-order valence-electron chi connectivity index (χ4n) is 4.08. The number of ether oxygens (including phenoxy) is 1. The molecule has 0 radical (unpaired) electrons. The molecular formula is C22H35N5O2S.